The minimum Gasteiger partial charge on any atom is -0.361 e. The average molecular weight is 331 g/mol. The second-order valence-electron chi connectivity index (χ2n) is 6.20. The monoisotopic (exact) mass is 330 g/mol. The van der Waals surface area contributed by atoms with E-state index in [1.807, 2.05) is 36.9 Å². The van der Waals surface area contributed by atoms with Crippen molar-refractivity contribution >= 4 is 22.5 Å². The molecular weight excluding hydrogens is 312 g/mol. The highest BCUT2D eigenvalue weighted by atomic mass is 35.5. The van der Waals surface area contributed by atoms with E-state index in [-0.39, 0.29) is 0 Å². The number of halogens is 1. The van der Waals surface area contributed by atoms with Gasteiger partial charge in [0, 0.05) is 25.0 Å². The molecule has 1 aliphatic rings. The molecular formula is C17H19ClN4O. The second kappa shape index (κ2) is 5.65. The lowest BCUT2D eigenvalue weighted by molar-refractivity contribution is 0.234. The molecule has 6 heteroatoms. The number of nitrogens with zero attached hydrogens (tertiary/aromatic N) is 4. The Hall–Kier alpha value is -1.85. The first-order chi connectivity index (χ1) is 11.1. The number of fused-ring (bicyclic) bond motifs is 1. The zero-order valence-electron chi connectivity index (χ0n) is 13.3. The fourth-order valence-electron chi connectivity index (χ4n) is 3.55. The standard InChI is InChI=1S/C17H19ClN4O/c1-11-9-13(20-23-11)15-7-4-8-22(15)10-14-17-12(18)5-3-6-16(17)21(2)19-14/h3,5-6,9,15H,4,7-8,10H2,1-2H3. The van der Waals surface area contributed by atoms with Gasteiger partial charge >= 0.3 is 0 Å². The lowest BCUT2D eigenvalue weighted by Crippen LogP contribution is -2.23. The highest BCUT2D eigenvalue weighted by Gasteiger charge is 2.29. The van der Waals surface area contributed by atoms with Crippen LogP contribution in [0.4, 0.5) is 0 Å². The Balaban J connectivity index is 1.67. The van der Waals surface area contributed by atoms with E-state index in [2.05, 4.69) is 16.1 Å². The van der Waals surface area contributed by atoms with Gasteiger partial charge in [0.05, 0.1) is 22.3 Å². The van der Waals surface area contributed by atoms with Gasteiger partial charge in [-0.1, -0.05) is 22.8 Å². The van der Waals surface area contributed by atoms with Gasteiger partial charge in [0.25, 0.3) is 0 Å². The van der Waals surface area contributed by atoms with Crippen molar-refractivity contribution in [2.24, 2.45) is 7.05 Å². The zero-order chi connectivity index (χ0) is 16.0. The van der Waals surface area contributed by atoms with E-state index in [0.29, 0.717) is 6.04 Å². The minimum absolute atomic E-state index is 0.298. The molecule has 0 N–H and O–H groups in total. The highest BCUT2D eigenvalue weighted by Crippen LogP contribution is 2.34. The molecule has 0 saturated carbocycles. The van der Waals surface area contributed by atoms with Crippen molar-refractivity contribution in [1.29, 1.82) is 0 Å². The Morgan fingerprint density at radius 2 is 2.26 bits per heavy atom. The van der Waals surface area contributed by atoms with Crippen LogP contribution in [0, 0.1) is 6.92 Å². The highest BCUT2D eigenvalue weighted by molar-refractivity contribution is 6.35. The van der Waals surface area contributed by atoms with Crippen molar-refractivity contribution in [3.63, 3.8) is 0 Å². The first kappa shape index (κ1) is 14.7. The Labute approximate surface area is 139 Å². The van der Waals surface area contributed by atoms with Crippen LogP contribution in [0.3, 0.4) is 0 Å². The summed E-state index contributed by atoms with van der Waals surface area (Å²) >= 11 is 6.42. The van der Waals surface area contributed by atoms with E-state index in [9.17, 15) is 0 Å². The van der Waals surface area contributed by atoms with E-state index < -0.39 is 0 Å². The zero-order valence-corrected chi connectivity index (χ0v) is 14.0. The van der Waals surface area contributed by atoms with Crippen LogP contribution in [0.2, 0.25) is 5.02 Å². The van der Waals surface area contributed by atoms with Crippen LogP contribution in [-0.4, -0.2) is 26.4 Å². The van der Waals surface area contributed by atoms with Gasteiger partial charge in [-0.15, -0.1) is 0 Å². The first-order valence-electron chi connectivity index (χ1n) is 7.91. The van der Waals surface area contributed by atoms with Crippen LogP contribution in [0.25, 0.3) is 10.9 Å². The Bertz CT molecular complexity index is 854. The van der Waals surface area contributed by atoms with E-state index in [1.54, 1.807) is 0 Å². The predicted molar refractivity (Wildman–Crippen MR) is 89.3 cm³/mol. The van der Waals surface area contributed by atoms with Crippen molar-refractivity contribution in [2.45, 2.75) is 32.4 Å². The fourth-order valence-corrected chi connectivity index (χ4v) is 3.83. The molecule has 2 aromatic heterocycles. The Morgan fingerprint density at radius 3 is 3.04 bits per heavy atom. The molecule has 23 heavy (non-hydrogen) atoms. The number of likely N-dealkylation sites (tertiary alicyclic amines) is 1. The maximum Gasteiger partial charge on any atom is 0.133 e. The lowest BCUT2D eigenvalue weighted by atomic mass is 10.1. The van der Waals surface area contributed by atoms with Crippen molar-refractivity contribution in [3.8, 4) is 0 Å². The third kappa shape index (κ3) is 2.54. The number of hydrogen-bond donors (Lipinski definition) is 0. The predicted octanol–water partition coefficient (Wildman–Crippen LogP) is 3.86. The van der Waals surface area contributed by atoms with Crippen LogP contribution in [0.5, 0.6) is 0 Å². The number of benzene rings is 1. The number of rotatable bonds is 3. The summed E-state index contributed by atoms with van der Waals surface area (Å²) in [4.78, 5) is 2.42. The molecule has 3 aromatic rings. The molecule has 0 spiro atoms. The van der Waals surface area contributed by atoms with Crippen LogP contribution < -0.4 is 0 Å². The number of hydrogen-bond acceptors (Lipinski definition) is 4. The van der Waals surface area contributed by atoms with Gasteiger partial charge in [-0.3, -0.25) is 9.58 Å². The van der Waals surface area contributed by atoms with Gasteiger partial charge in [-0.25, -0.2) is 0 Å². The smallest absolute Gasteiger partial charge is 0.133 e. The van der Waals surface area contributed by atoms with E-state index in [1.165, 1.54) is 0 Å². The van der Waals surface area contributed by atoms with Gasteiger partial charge in [0.1, 0.15) is 11.5 Å². The van der Waals surface area contributed by atoms with Gasteiger partial charge in [0.15, 0.2) is 0 Å². The summed E-state index contributed by atoms with van der Waals surface area (Å²) in [5, 5.41) is 10.7. The normalized spacial score (nSPS) is 19.0. The number of aryl methyl sites for hydroxylation is 2. The summed E-state index contributed by atoms with van der Waals surface area (Å²) in [5.41, 5.74) is 3.12. The third-order valence-electron chi connectivity index (χ3n) is 4.60. The molecule has 1 unspecified atom stereocenters. The van der Waals surface area contributed by atoms with Crippen LogP contribution in [0.15, 0.2) is 28.8 Å². The summed E-state index contributed by atoms with van der Waals surface area (Å²) < 4.78 is 7.16. The van der Waals surface area contributed by atoms with Crippen molar-refractivity contribution < 1.29 is 4.52 Å². The lowest BCUT2D eigenvalue weighted by Gasteiger charge is -2.21. The van der Waals surface area contributed by atoms with E-state index in [0.717, 1.165) is 59.0 Å². The summed E-state index contributed by atoms with van der Waals surface area (Å²) in [6.07, 6.45) is 2.26. The summed E-state index contributed by atoms with van der Waals surface area (Å²) in [5.74, 6) is 0.859. The average Bonchev–Trinajstić information content (AvgIpc) is 3.21. The molecule has 1 fully saturated rings. The molecule has 1 aromatic carbocycles. The summed E-state index contributed by atoms with van der Waals surface area (Å²) in [7, 11) is 1.96. The maximum absolute atomic E-state index is 6.42. The van der Waals surface area contributed by atoms with Crippen LogP contribution >= 0.6 is 11.6 Å². The molecule has 120 valence electrons. The maximum atomic E-state index is 6.42. The van der Waals surface area contributed by atoms with Crippen molar-refractivity contribution in [1.82, 2.24) is 19.8 Å². The summed E-state index contributed by atoms with van der Waals surface area (Å²) in [6.45, 7) is 3.75. The summed E-state index contributed by atoms with van der Waals surface area (Å²) in [6, 6.07) is 8.28. The Morgan fingerprint density at radius 1 is 1.39 bits per heavy atom. The van der Waals surface area contributed by atoms with Gasteiger partial charge in [-0.05, 0) is 38.4 Å². The molecule has 4 rings (SSSR count). The van der Waals surface area contributed by atoms with Gasteiger partial charge in [-0.2, -0.15) is 5.10 Å². The van der Waals surface area contributed by atoms with Crippen molar-refractivity contribution in [2.75, 3.05) is 6.54 Å². The minimum atomic E-state index is 0.298. The molecule has 0 radical (unpaired) electrons. The van der Waals surface area contributed by atoms with Crippen molar-refractivity contribution in [3.05, 3.63) is 46.4 Å². The van der Waals surface area contributed by atoms with E-state index >= 15 is 0 Å². The van der Waals surface area contributed by atoms with Gasteiger partial charge in [0.2, 0.25) is 0 Å². The fraction of sp³-hybridized carbons (Fsp3) is 0.412. The largest absolute Gasteiger partial charge is 0.361 e. The van der Waals surface area contributed by atoms with Gasteiger partial charge < -0.3 is 4.52 Å². The SMILES string of the molecule is Cc1cc(C2CCCN2Cc2nn(C)c3cccc(Cl)c23)no1. The molecule has 1 saturated heterocycles. The molecule has 1 aliphatic heterocycles. The third-order valence-corrected chi connectivity index (χ3v) is 4.92. The quantitative estimate of drug-likeness (QED) is 0.731. The molecule has 0 amide bonds. The van der Waals surface area contributed by atoms with E-state index in [4.69, 9.17) is 21.2 Å². The molecule has 3 heterocycles. The topological polar surface area (TPSA) is 47.1 Å². The van der Waals surface area contributed by atoms with Crippen LogP contribution in [0.1, 0.15) is 36.0 Å². The second-order valence-corrected chi connectivity index (χ2v) is 6.60. The first-order valence-corrected chi connectivity index (χ1v) is 8.28. The molecule has 5 nitrogen and oxygen atoms in total. The molecule has 0 aliphatic carbocycles. The molecule has 0 bridgehead atoms. The Kier molecular flexibility index (Phi) is 3.62. The molecule has 1 atom stereocenters. The van der Waals surface area contributed by atoms with Crippen LogP contribution in [-0.2, 0) is 13.6 Å². The number of aromatic nitrogens is 3.